The number of benzene rings is 1. The number of carboxylic acid groups (broad SMARTS) is 1. The summed E-state index contributed by atoms with van der Waals surface area (Å²) in [5.74, 6) is -0.607. The van der Waals surface area contributed by atoms with Crippen LogP contribution in [0.5, 0.6) is 0 Å². The second-order valence-electron chi connectivity index (χ2n) is 4.04. The van der Waals surface area contributed by atoms with Gasteiger partial charge in [-0.1, -0.05) is 30.7 Å². The summed E-state index contributed by atoms with van der Waals surface area (Å²) in [4.78, 5) is 14.8. The maximum absolute atomic E-state index is 10.8. The topological polar surface area (TPSA) is 62.2 Å². The van der Waals surface area contributed by atoms with E-state index in [2.05, 4.69) is 17.2 Å². The largest absolute Gasteiger partial charge is 0.478 e. The Morgan fingerprint density at radius 1 is 1.37 bits per heavy atom. The minimum atomic E-state index is -1.05. The van der Waals surface area contributed by atoms with E-state index in [0.717, 1.165) is 12.1 Å². The third-order valence-electron chi connectivity index (χ3n) is 2.71. The van der Waals surface area contributed by atoms with E-state index in [0.29, 0.717) is 5.82 Å². The van der Waals surface area contributed by atoms with Crippen LogP contribution in [0.1, 0.15) is 22.8 Å². The molecule has 5 heteroatoms. The summed E-state index contributed by atoms with van der Waals surface area (Å²) in [5.41, 5.74) is 2.16. The Balaban J connectivity index is 2.20. The lowest BCUT2D eigenvalue weighted by molar-refractivity contribution is 0.0696. The van der Waals surface area contributed by atoms with Gasteiger partial charge in [-0.05, 0) is 30.2 Å². The van der Waals surface area contributed by atoms with Crippen LogP contribution in [0, 0.1) is 0 Å². The zero-order valence-electron chi connectivity index (χ0n) is 10.4. The fourth-order valence-electron chi connectivity index (χ4n) is 1.61. The van der Waals surface area contributed by atoms with Gasteiger partial charge in [0.1, 0.15) is 5.82 Å². The SMILES string of the molecule is CCc1ccc(Nc2ncc(C(=O)O)cc2Cl)cc1. The minimum absolute atomic E-state index is 0.0666. The monoisotopic (exact) mass is 276 g/mol. The van der Waals surface area contributed by atoms with Crippen molar-refractivity contribution in [2.45, 2.75) is 13.3 Å². The molecule has 0 bridgehead atoms. The molecule has 4 nitrogen and oxygen atoms in total. The van der Waals surface area contributed by atoms with Crippen LogP contribution in [0.25, 0.3) is 0 Å². The number of aryl methyl sites for hydroxylation is 1. The fourth-order valence-corrected chi connectivity index (χ4v) is 1.82. The molecular formula is C14H13ClN2O2. The normalized spacial score (nSPS) is 10.2. The van der Waals surface area contributed by atoms with Crippen LogP contribution >= 0.6 is 11.6 Å². The van der Waals surface area contributed by atoms with Crippen LogP contribution in [0.15, 0.2) is 36.5 Å². The fraction of sp³-hybridized carbons (Fsp3) is 0.143. The molecule has 0 unspecified atom stereocenters. The highest BCUT2D eigenvalue weighted by atomic mass is 35.5. The molecule has 2 aromatic rings. The minimum Gasteiger partial charge on any atom is -0.478 e. The van der Waals surface area contributed by atoms with Crippen molar-refractivity contribution in [1.82, 2.24) is 4.98 Å². The molecule has 0 radical (unpaired) electrons. The molecule has 1 aromatic carbocycles. The van der Waals surface area contributed by atoms with Gasteiger partial charge in [0.15, 0.2) is 0 Å². The summed E-state index contributed by atoms with van der Waals surface area (Å²) >= 11 is 5.99. The number of aromatic nitrogens is 1. The molecule has 0 aliphatic rings. The van der Waals surface area contributed by atoms with Crippen LogP contribution in [-0.2, 0) is 6.42 Å². The molecule has 0 amide bonds. The van der Waals surface area contributed by atoms with Gasteiger partial charge < -0.3 is 10.4 Å². The average Bonchev–Trinajstić information content (AvgIpc) is 2.41. The van der Waals surface area contributed by atoms with Crippen molar-refractivity contribution in [3.63, 3.8) is 0 Å². The summed E-state index contributed by atoms with van der Waals surface area (Å²) in [5, 5.41) is 12.2. The standard InChI is InChI=1S/C14H13ClN2O2/c1-2-9-3-5-11(6-4-9)17-13-12(15)7-10(8-16-13)14(18)19/h3-8H,2H2,1H3,(H,16,17)(H,18,19). The Labute approximate surface area is 116 Å². The first-order chi connectivity index (χ1) is 9.10. The first kappa shape index (κ1) is 13.4. The molecular weight excluding hydrogens is 264 g/mol. The Hall–Kier alpha value is -2.07. The Bertz CT molecular complexity index is 597. The summed E-state index contributed by atoms with van der Waals surface area (Å²) in [6.45, 7) is 2.09. The number of carboxylic acids is 1. The molecule has 98 valence electrons. The first-order valence-corrected chi connectivity index (χ1v) is 6.22. The van der Waals surface area contributed by atoms with E-state index in [1.807, 2.05) is 24.3 Å². The summed E-state index contributed by atoms with van der Waals surface area (Å²) in [7, 11) is 0. The number of halogens is 1. The van der Waals surface area contributed by atoms with Crippen molar-refractivity contribution < 1.29 is 9.90 Å². The second-order valence-corrected chi connectivity index (χ2v) is 4.44. The summed E-state index contributed by atoms with van der Waals surface area (Å²) in [6.07, 6.45) is 2.25. The Morgan fingerprint density at radius 3 is 2.58 bits per heavy atom. The van der Waals surface area contributed by atoms with E-state index in [1.54, 1.807) is 0 Å². The molecule has 19 heavy (non-hydrogen) atoms. The molecule has 0 saturated carbocycles. The maximum atomic E-state index is 10.8. The number of pyridine rings is 1. The number of hydrogen-bond donors (Lipinski definition) is 2. The van der Waals surface area contributed by atoms with Gasteiger partial charge in [0.2, 0.25) is 0 Å². The van der Waals surface area contributed by atoms with Crippen LogP contribution in [0.4, 0.5) is 11.5 Å². The van der Waals surface area contributed by atoms with Crippen molar-refractivity contribution in [2.75, 3.05) is 5.32 Å². The molecule has 1 aromatic heterocycles. The van der Waals surface area contributed by atoms with Gasteiger partial charge in [0, 0.05) is 11.9 Å². The van der Waals surface area contributed by atoms with Gasteiger partial charge in [-0.15, -0.1) is 0 Å². The van der Waals surface area contributed by atoms with Crippen LogP contribution in [-0.4, -0.2) is 16.1 Å². The van der Waals surface area contributed by atoms with Crippen LogP contribution in [0.2, 0.25) is 5.02 Å². The number of rotatable bonds is 4. The van der Waals surface area contributed by atoms with E-state index < -0.39 is 5.97 Å². The third kappa shape index (κ3) is 3.23. The lowest BCUT2D eigenvalue weighted by Crippen LogP contribution is -2.00. The van der Waals surface area contributed by atoms with Gasteiger partial charge in [-0.2, -0.15) is 0 Å². The lowest BCUT2D eigenvalue weighted by atomic mass is 10.1. The van der Waals surface area contributed by atoms with Gasteiger partial charge in [-0.3, -0.25) is 0 Å². The van der Waals surface area contributed by atoms with Crippen molar-refractivity contribution in [3.8, 4) is 0 Å². The van der Waals surface area contributed by atoms with Gasteiger partial charge in [0.05, 0.1) is 10.6 Å². The van der Waals surface area contributed by atoms with E-state index in [1.165, 1.54) is 17.8 Å². The molecule has 0 spiro atoms. The predicted molar refractivity (Wildman–Crippen MR) is 75.3 cm³/mol. The average molecular weight is 277 g/mol. The van der Waals surface area contributed by atoms with Crippen molar-refractivity contribution in [3.05, 3.63) is 52.7 Å². The van der Waals surface area contributed by atoms with Crippen LogP contribution < -0.4 is 5.32 Å². The quantitative estimate of drug-likeness (QED) is 0.893. The second kappa shape index (κ2) is 5.71. The summed E-state index contributed by atoms with van der Waals surface area (Å²) < 4.78 is 0. The number of carbonyl (C=O) groups is 1. The molecule has 0 atom stereocenters. The van der Waals surface area contributed by atoms with E-state index in [9.17, 15) is 4.79 Å². The number of aromatic carboxylic acids is 1. The molecule has 0 saturated heterocycles. The molecule has 0 aliphatic carbocycles. The number of nitrogens with one attached hydrogen (secondary N) is 1. The Kier molecular flexibility index (Phi) is 4.02. The van der Waals surface area contributed by atoms with Crippen LogP contribution in [0.3, 0.4) is 0 Å². The molecule has 1 heterocycles. The van der Waals surface area contributed by atoms with Crippen molar-refractivity contribution in [1.29, 1.82) is 0 Å². The van der Waals surface area contributed by atoms with Crippen molar-refractivity contribution in [2.24, 2.45) is 0 Å². The zero-order chi connectivity index (χ0) is 13.8. The molecule has 2 N–H and O–H groups in total. The van der Waals surface area contributed by atoms with Gasteiger partial charge in [-0.25, -0.2) is 9.78 Å². The lowest BCUT2D eigenvalue weighted by Gasteiger charge is -2.08. The third-order valence-corrected chi connectivity index (χ3v) is 3.00. The Morgan fingerprint density at radius 2 is 2.05 bits per heavy atom. The number of hydrogen-bond acceptors (Lipinski definition) is 3. The molecule has 0 fully saturated rings. The van der Waals surface area contributed by atoms with Gasteiger partial charge >= 0.3 is 5.97 Å². The zero-order valence-corrected chi connectivity index (χ0v) is 11.1. The predicted octanol–water partition coefficient (Wildman–Crippen LogP) is 3.74. The van der Waals surface area contributed by atoms with E-state index in [-0.39, 0.29) is 10.6 Å². The maximum Gasteiger partial charge on any atom is 0.337 e. The smallest absolute Gasteiger partial charge is 0.337 e. The highest BCUT2D eigenvalue weighted by Gasteiger charge is 2.08. The molecule has 2 rings (SSSR count). The highest BCUT2D eigenvalue weighted by molar-refractivity contribution is 6.33. The highest BCUT2D eigenvalue weighted by Crippen LogP contribution is 2.24. The number of anilines is 2. The number of nitrogens with zero attached hydrogens (tertiary/aromatic N) is 1. The van der Waals surface area contributed by atoms with Gasteiger partial charge in [0.25, 0.3) is 0 Å². The van der Waals surface area contributed by atoms with E-state index in [4.69, 9.17) is 16.7 Å². The summed E-state index contributed by atoms with van der Waals surface area (Å²) in [6, 6.07) is 9.27. The van der Waals surface area contributed by atoms with Crippen molar-refractivity contribution >= 4 is 29.1 Å². The first-order valence-electron chi connectivity index (χ1n) is 5.85. The molecule has 0 aliphatic heterocycles. The van der Waals surface area contributed by atoms with E-state index >= 15 is 0 Å².